The van der Waals surface area contributed by atoms with Gasteiger partial charge >= 0.3 is 5.97 Å². The van der Waals surface area contributed by atoms with Gasteiger partial charge in [-0.05, 0) is 43.3 Å². The number of nitrogens with zero attached hydrogens (tertiary/aromatic N) is 4. The molecule has 3 N–H and O–H groups in total. The number of carbonyl (C=O) groups is 1. The van der Waals surface area contributed by atoms with E-state index < -0.39 is 5.97 Å². The van der Waals surface area contributed by atoms with E-state index in [9.17, 15) is 9.90 Å². The SMILES string of the molecule is CN(C)c1ccc(-c2cc(-c3cc(C(=O)O)n(CCCN)n3)ccn2)cc1. The lowest BCUT2D eigenvalue weighted by atomic mass is 10.1. The number of aryl methyl sites for hydroxylation is 1. The number of aromatic nitrogens is 3. The van der Waals surface area contributed by atoms with Crippen molar-refractivity contribution in [2.45, 2.75) is 13.0 Å². The molecule has 3 aromatic rings. The molecule has 0 saturated heterocycles. The second-order valence-electron chi connectivity index (χ2n) is 6.46. The van der Waals surface area contributed by atoms with Crippen LogP contribution in [0.2, 0.25) is 0 Å². The summed E-state index contributed by atoms with van der Waals surface area (Å²) in [5.74, 6) is -1.00. The van der Waals surface area contributed by atoms with Crippen molar-refractivity contribution in [1.29, 1.82) is 0 Å². The standard InChI is InChI=1S/C20H23N5O2/c1-24(2)16-6-4-14(5-7-16)17-12-15(8-10-22-17)18-13-19(20(26)27)25(23-18)11-3-9-21/h4-8,10,12-13H,3,9,11,21H2,1-2H3,(H,26,27). The van der Waals surface area contributed by atoms with Gasteiger partial charge in [0.05, 0.1) is 11.4 Å². The van der Waals surface area contributed by atoms with E-state index in [1.165, 1.54) is 4.68 Å². The average molecular weight is 365 g/mol. The second-order valence-corrected chi connectivity index (χ2v) is 6.46. The number of rotatable bonds is 7. The van der Waals surface area contributed by atoms with E-state index in [0.29, 0.717) is 25.2 Å². The quantitative estimate of drug-likeness (QED) is 0.668. The fourth-order valence-electron chi connectivity index (χ4n) is 2.82. The van der Waals surface area contributed by atoms with E-state index >= 15 is 0 Å². The summed E-state index contributed by atoms with van der Waals surface area (Å²) in [6.07, 6.45) is 2.38. The number of aromatic carboxylic acids is 1. The van der Waals surface area contributed by atoms with Crippen molar-refractivity contribution in [2.24, 2.45) is 5.73 Å². The van der Waals surface area contributed by atoms with E-state index in [0.717, 1.165) is 22.5 Å². The summed E-state index contributed by atoms with van der Waals surface area (Å²) in [5.41, 5.74) is 10.0. The molecule has 0 aliphatic carbocycles. The highest BCUT2D eigenvalue weighted by Crippen LogP contribution is 2.26. The monoisotopic (exact) mass is 365 g/mol. The van der Waals surface area contributed by atoms with Gasteiger partial charge in [-0.3, -0.25) is 9.67 Å². The maximum Gasteiger partial charge on any atom is 0.354 e. The van der Waals surface area contributed by atoms with Gasteiger partial charge in [0, 0.05) is 43.7 Å². The maximum absolute atomic E-state index is 11.5. The van der Waals surface area contributed by atoms with Crippen LogP contribution < -0.4 is 10.6 Å². The van der Waals surface area contributed by atoms with E-state index in [1.807, 2.05) is 55.4 Å². The predicted molar refractivity (Wildman–Crippen MR) is 106 cm³/mol. The molecule has 0 atom stereocenters. The van der Waals surface area contributed by atoms with Gasteiger partial charge in [-0.15, -0.1) is 0 Å². The van der Waals surface area contributed by atoms with Crippen molar-refractivity contribution in [3.8, 4) is 22.5 Å². The van der Waals surface area contributed by atoms with E-state index in [2.05, 4.69) is 10.1 Å². The number of pyridine rings is 1. The first kappa shape index (κ1) is 18.6. The van der Waals surface area contributed by atoms with Crippen LogP contribution in [-0.4, -0.2) is 46.5 Å². The lowest BCUT2D eigenvalue weighted by Crippen LogP contribution is -2.12. The first-order chi connectivity index (χ1) is 13.0. The molecule has 0 aliphatic rings. The third-order valence-corrected chi connectivity index (χ3v) is 4.31. The normalized spacial score (nSPS) is 10.8. The Balaban J connectivity index is 1.94. The van der Waals surface area contributed by atoms with Crippen molar-refractivity contribution >= 4 is 11.7 Å². The summed E-state index contributed by atoms with van der Waals surface area (Å²) in [6, 6.07) is 13.5. The van der Waals surface area contributed by atoms with Gasteiger partial charge in [-0.25, -0.2) is 4.79 Å². The molecule has 0 radical (unpaired) electrons. The number of carboxylic acid groups (broad SMARTS) is 1. The van der Waals surface area contributed by atoms with Crippen LogP contribution in [0.1, 0.15) is 16.9 Å². The molecule has 0 unspecified atom stereocenters. The fraction of sp³-hybridized carbons (Fsp3) is 0.250. The van der Waals surface area contributed by atoms with Gasteiger partial charge in [0.25, 0.3) is 0 Å². The van der Waals surface area contributed by atoms with Crippen LogP contribution in [0.3, 0.4) is 0 Å². The van der Waals surface area contributed by atoms with Crippen molar-refractivity contribution in [1.82, 2.24) is 14.8 Å². The van der Waals surface area contributed by atoms with Gasteiger partial charge in [-0.1, -0.05) is 12.1 Å². The molecule has 27 heavy (non-hydrogen) atoms. The smallest absolute Gasteiger partial charge is 0.354 e. The Labute approximate surface area is 158 Å². The number of carboxylic acids is 1. The van der Waals surface area contributed by atoms with Crippen LogP contribution in [0, 0.1) is 0 Å². The van der Waals surface area contributed by atoms with Crippen molar-refractivity contribution in [3.63, 3.8) is 0 Å². The molecule has 3 rings (SSSR count). The first-order valence-electron chi connectivity index (χ1n) is 8.75. The lowest BCUT2D eigenvalue weighted by Gasteiger charge is -2.12. The van der Waals surface area contributed by atoms with E-state index in [1.54, 1.807) is 12.3 Å². The van der Waals surface area contributed by atoms with Gasteiger partial charge in [0.15, 0.2) is 0 Å². The number of hydrogen-bond donors (Lipinski definition) is 2. The number of nitrogens with two attached hydrogens (primary N) is 1. The van der Waals surface area contributed by atoms with Crippen LogP contribution in [0.5, 0.6) is 0 Å². The number of benzene rings is 1. The number of anilines is 1. The molecule has 0 saturated carbocycles. The van der Waals surface area contributed by atoms with Gasteiger partial charge in [0.1, 0.15) is 5.69 Å². The van der Waals surface area contributed by atoms with Gasteiger partial charge in [-0.2, -0.15) is 5.10 Å². The summed E-state index contributed by atoms with van der Waals surface area (Å²) in [7, 11) is 3.99. The maximum atomic E-state index is 11.5. The molecule has 7 nitrogen and oxygen atoms in total. The molecule has 2 heterocycles. The summed E-state index contributed by atoms with van der Waals surface area (Å²) in [4.78, 5) is 18.0. The highest BCUT2D eigenvalue weighted by Gasteiger charge is 2.15. The Hall–Kier alpha value is -3.19. The Kier molecular flexibility index (Phi) is 5.52. The van der Waals surface area contributed by atoms with Crippen LogP contribution in [-0.2, 0) is 6.54 Å². The molecule has 0 amide bonds. The van der Waals surface area contributed by atoms with Crippen molar-refractivity contribution in [3.05, 3.63) is 54.4 Å². The zero-order valence-electron chi connectivity index (χ0n) is 15.5. The Bertz CT molecular complexity index is 932. The van der Waals surface area contributed by atoms with E-state index in [4.69, 9.17) is 5.73 Å². The van der Waals surface area contributed by atoms with Crippen LogP contribution in [0.4, 0.5) is 5.69 Å². The third kappa shape index (κ3) is 4.15. The lowest BCUT2D eigenvalue weighted by molar-refractivity contribution is 0.0683. The highest BCUT2D eigenvalue weighted by atomic mass is 16.4. The largest absolute Gasteiger partial charge is 0.477 e. The molecule has 0 spiro atoms. The Morgan fingerprint density at radius 3 is 2.48 bits per heavy atom. The highest BCUT2D eigenvalue weighted by molar-refractivity contribution is 5.87. The second kappa shape index (κ2) is 8.01. The van der Waals surface area contributed by atoms with Crippen LogP contribution in [0.25, 0.3) is 22.5 Å². The molecular formula is C20H23N5O2. The molecule has 0 fully saturated rings. The van der Waals surface area contributed by atoms with Crippen LogP contribution in [0.15, 0.2) is 48.7 Å². The fourth-order valence-corrected chi connectivity index (χ4v) is 2.82. The Morgan fingerprint density at radius 2 is 1.85 bits per heavy atom. The zero-order chi connectivity index (χ0) is 19.4. The van der Waals surface area contributed by atoms with E-state index in [-0.39, 0.29) is 5.69 Å². The van der Waals surface area contributed by atoms with Gasteiger partial charge in [0.2, 0.25) is 0 Å². The third-order valence-electron chi connectivity index (χ3n) is 4.31. The minimum absolute atomic E-state index is 0.159. The molecule has 1 aromatic carbocycles. The molecule has 7 heteroatoms. The Morgan fingerprint density at radius 1 is 1.11 bits per heavy atom. The summed E-state index contributed by atoms with van der Waals surface area (Å²) in [5, 5.41) is 13.9. The summed E-state index contributed by atoms with van der Waals surface area (Å²) >= 11 is 0. The summed E-state index contributed by atoms with van der Waals surface area (Å²) < 4.78 is 1.50. The van der Waals surface area contributed by atoms with Crippen LogP contribution >= 0.6 is 0 Å². The van der Waals surface area contributed by atoms with Crippen molar-refractivity contribution < 1.29 is 9.90 Å². The first-order valence-corrected chi connectivity index (χ1v) is 8.75. The number of hydrogen-bond acceptors (Lipinski definition) is 5. The zero-order valence-corrected chi connectivity index (χ0v) is 15.5. The minimum Gasteiger partial charge on any atom is -0.477 e. The minimum atomic E-state index is -1.00. The average Bonchev–Trinajstić information content (AvgIpc) is 3.11. The summed E-state index contributed by atoms with van der Waals surface area (Å²) in [6.45, 7) is 0.957. The molecule has 0 bridgehead atoms. The molecule has 0 aliphatic heterocycles. The predicted octanol–water partition coefficient (Wildman–Crippen LogP) is 2.73. The molecule has 140 valence electrons. The van der Waals surface area contributed by atoms with Gasteiger partial charge < -0.3 is 15.7 Å². The topological polar surface area (TPSA) is 97.3 Å². The molecule has 2 aromatic heterocycles. The molecular weight excluding hydrogens is 342 g/mol. The van der Waals surface area contributed by atoms with Crippen molar-refractivity contribution in [2.75, 3.05) is 25.5 Å².